The Morgan fingerprint density at radius 3 is 2.62 bits per heavy atom. The molecule has 4 nitrogen and oxygen atoms in total. The Morgan fingerprint density at radius 2 is 1.88 bits per heavy atom. The number of amides is 1. The third kappa shape index (κ3) is 3.64. The molecule has 1 heterocycles. The molecule has 3 rings (SSSR count). The van der Waals surface area contributed by atoms with Gasteiger partial charge in [0.15, 0.2) is 0 Å². The highest BCUT2D eigenvalue weighted by atomic mass is 16.2. The van der Waals surface area contributed by atoms with Crippen molar-refractivity contribution >= 4 is 5.91 Å². The van der Waals surface area contributed by atoms with Crippen LogP contribution >= 0.6 is 0 Å². The van der Waals surface area contributed by atoms with Crippen LogP contribution in [0.3, 0.4) is 0 Å². The number of hydrogen-bond donors (Lipinski definition) is 1. The molecule has 2 aromatic carbocycles. The van der Waals surface area contributed by atoms with Gasteiger partial charge in [0.25, 0.3) is 5.91 Å². The van der Waals surface area contributed by atoms with Crippen molar-refractivity contribution in [2.75, 3.05) is 13.1 Å². The number of rotatable bonds is 2. The minimum atomic E-state index is 0.0708. The molecule has 0 unspecified atom stereocenters. The molecule has 0 aliphatic carbocycles. The van der Waals surface area contributed by atoms with E-state index >= 15 is 0 Å². The van der Waals surface area contributed by atoms with Crippen molar-refractivity contribution in [1.29, 1.82) is 5.26 Å². The molecule has 1 atom stereocenters. The van der Waals surface area contributed by atoms with E-state index in [1.807, 2.05) is 47.4 Å². The molecule has 2 aromatic rings. The monoisotopic (exact) mass is 319 g/mol. The first-order valence-corrected chi connectivity index (χ1v) is 8.33. The number of benzene rings is 2. The van der Waals surface area contributed by atoms with E-state index < -0.39 is 0 Å². The summed E-state index contributed by atoms with van der Waals surface area (Å²) in [5.74, 6) is 0.0708. The van der Waals surface area contributed by atoms with Crippen LogP contribution in [0.2, 0.25) is 0 Å². The van der Waals surface area contributed by atoms with Gasteiger partial charge in [-0.05, 0) is 54.7 Å². The van der Waals surface area contributed by atoms with Crippen LogP contribution < -0.4 is 5.73 Å². The molecule has 122 valence electrons. The Hall–Kier alpha value is -2.64. The smallest absolute Gasteiger partial charge is 0.253 e. The average molecular weight is 319 g/mol. The molecule has 24 heavy (non-hydrogen) atoms. The van der Waals surface area contributed by atoms with E-state index in [1.54, 1.807) is 6.07 Å². The van der Waals surface area contributed by atoms with E-state index in [4.69, 9.17) is 11.0 Å². The van der Waals surface area contributed by atoms with Crippen LogP contribution in [-0.2, 0) is 0 Å². The number of likely N-dealkylation sites (tertiary alicyclic amines) is 1. The molecular formula is C20H21N3O. The highest BCUT2D eigenvalue weighted by molar-refractivity contribution is 5.94. The summed E-state index contributed by atoms with van der Waals surface area (Å²) in [4.78, 5) is 14.6. The van der Waals surface area contributed by atoms with Gasteiger partial charge in [-0.25, -0.2) is 0 Å². The fourth-order valence-corrected chi connectivity index (χ4v) is 3.08. The standard InChI is InChI=1S/C20H21N3O/c21-14-15-3-1-4-18(13-15)16-6-8-17(9-7-16)20(24)23-11-2-5-19(22)10-12-23/h1,3-4,6-9,13,19H,2,5,10-12,22H2/t19-/m0/s1. The lowest BCUT2D eigenvalue weighted by atomic mass is 10.0. The second-order valence-electron chi connectivity index (χ2n) is 6.25. The zero-order chi connectivity index (χ0) is 16.9. The predicted octanol–water partition coefficient (Wildman–Crippen LogP) is 3.18. The molecule has 0 bridgehead atoms. The maximum atomic E-state index is 12.6. The Kier molecular flexibility index (Phi) is 4.93. The molecule has 1 aliphatic rings. The minimum absolute atomic E-state index is 0.0708. The maximum Gasteiger partial charge on any atom is 0.253 e. The van der Waals surface area contributed by atoms with Crippen LogP contribution in [0.15, 0.2) is 48.5 Å². The topological polar surface area (TPSA) is 70.1 Å². The van der Waals surface area contributed by atoms with Crippen molar-refractivity contribution in [2.24, 2.45) is 5.73 Å². The van der Waals surface area contributed by atoms with Gasteiger partial charge in [0, 0.05) is 24.7 Å². The zero-order valence-electron chi connectivity index (χ0n) is 13.6. The molecule has 1 amide bonds. The molecule has 1 saturated heterocycles. The molecule has 4 heteroatoms. The first-order valence-electron chi connectivity index (χ1n) is 8.33. The minimum Gasteiger partial charge on any atom is -0.339 e. The van der Waals surface area contributed by atoms with E-state index in [-0.39, 0.29) is 11.9 Å². The number of carbonyl (C=O) groups excluding carboxylic acids is 1. The summed E-state index contributed by atoms with van der Waals surface area (Å²) in [7, 11) is 0. The van der Waals surface area contributed by atoms with E-state index in [0.29, 0.717) is 11.1 Å². The van der Waals surface area contributed by atoms with Gasteiger partial charge in [0.1, 0.15) is 0 Å². The largest absolute Gasteiger partial charge is 0.339 e. The molecule has 0 spiro atoms. The Bertz CT molecular complexity index is 761. The van der Waals surface area contributed by atoms with Gasteiger partial charge in [0.05, 0.1) is 11.6 Å². The highest BCUT2D eigenvalue weighted by Crippen LogP contribution is 2.22. The van der Waals surface area contributed by atoms with Crippen molar-refractivity contribution in [3.63, 3.8) is 0 Å². The third-order valence-electron chi connectivity index (χ3n) is 4.52. The summed E-state index contributed by atoms with van der Waals surface area (Å²) in [5.41, 5.74) is 9.30. The Morgan fingerprint density at radius 1 is 1.08 bits per heavy atom. The van der Waals surface area contributed by atoms with Crippen LogP contribution in [-0.4, -0.2) is 29.9 Å². The SMILES string of the molecule is N#Cc1cccc(-c2ccc(C(=O)N3CCC[C@H](N)CC3)cc2)c1. The lowest BCUT2D eigenvalue weighted by Crippen LogP contribution is -2.32. The van der Waals surface area contributed by atoms with Gasteiger partial charge in [-0.2, -0.15) is 5.26 Å². The van der Waals surface area contributed by atoms with Crippen molar-refractivity contribution in [3.05, 3.63) is 59.7 Å². The van der Waals surface area contributed by atoms with Gasteiger partial charge >= 0.3 is 0 Å². The van der Waals surface area contributed by atoms with Crippen LogP contribution in [0.4, 0.5) is 0 Å². The van der Waals surface area contributed by atoms with Gasteiger partial charge in [-0.1, -0.05) is 24.3 Å². The van der Waals surface area contributed by atoms with E-state index in [1.165, 1.54) is 0 Å². The Balaban J connectivity index is 1.76. The fraction of sp³-hybridized carbons (Fsp3) is 0.300. The molecule has 1 fully saturated rings. The summed E-state index contributed by atoms with van der Waals surface area (Å²) < 4.78 is 0. The van der Waals surface area contributed by atoms with Crippen molar-refractivity contribution in [2.45, 2.75) is 25.3 Å². The first-order chi connectivity index (χ1) is 11.7. The molecule has 0 aromatic heterocycles. The van der Waals surface area contributed by atoms with E-state index in [9.17, 15) is 4.79 Å². The van der Waals surface area contributed by atoms with Crippen molar-refractivity contribution in [1.82, 2.24) is 4.90 Å². The van der Waals surface area contributed by atoms with Crippen LogP contribution in [0.1, 0.15) is 35.2 Å². The second-order valence-corrected chi connectivity index (χ2v) is 6.25. The number of hydrogen-bond acceptors (Lipinski definition) is 3. The summed E-state index contributed by atoms with van der Waals surface area (Å²) in [6, 6.07) is 17.4. The second kappa shape index (κ2) is 7.29. The first kappa shape index (κ1) is 16.2. The molecule has 0 radical (unpaired) electrons. The summed E-state index contributed by atoms with van der Waals surface area (Å²) in [5, 5.41) is 9.00. The normalized spacial score (nSPS) is 17.8. The van der Waals surface area contributed by atoms with E-state index in [2.05, 4.69) is 6.07 Å². The van der Waals surface area contributed by atoms with Crippen LogP contribution in [0.25, 0.3) is 11.1 Å². The van der Waals surface area contributed by atoms with Gasteiger partial charge < -0.3 is 10.6 Å². The van der Waals surface area contributed by atoms with Gasteiger partial charge in [0.2, 0.25) is 0 Å². The molecular weight excluding hydrogens is 298 g/mol. The van der Waals surface area contributed by atoms with E-state index in [0.717, 1.165) is 43.5 Å². The average Bonchev–Trinajstić information content (AvgIpc) is 2.86. The molecule has 2 N–H and O–H groups in total. The molecule has 1 aliphatic heterocycles. The number of nitriles is 1. The Labute approximate surface area is 142 Å². The van der Waals surface area contributed by atoms with Gasteiger partial charge in [-0.3, -0.25) is 4.79 Å². The van der Waals surface area contributed by atoms with Crippen LogP contribution in [0, 0.1) is 11.3 Å². The number of nitrogens with two attached hydrogens (primary N) is 1. The quantitative estimate of drug-likeness (QED) is 0.924. The molecule has 0 saturated carbocycles. The van der Waals surface area contributed by atoms with Crippen molar-refractivity contribution < 1.29 is 4.79 Å². The predicted molar refractivity (Wildman–Crippen MR) is 94.3 cm³/mol. The fourth-order valence-electron chi connectivity index (χ4n) is 3.08. The third-order valence-corrected chi connectivity index (χ3v) is 4.52. The maximum absolute atomic E-state index is 12.6. The lowest BCUT2D eigenvalue weighted by Gasteiger charge is -2.20. The summed E-state index contributed by atoms with van der Waals surface area (Å²) >= 11 is 0. The summed E-state index contributed by atoms with van der Waals surface area (Å²) in [6.45, 7) is 1.50. The summed E-state index contributed by atoms with van der Waals surface area (Å²) in [6.07, 6.45) is 2.81. The number of carbonyl (C=O) groups is 1. The van der Waals surface area contributed by atoms with Crippen molar-refractivity contribution in [3.8, 4) is 17.2 Å². The van der Waals surface area contributed by atoms with Crippen LogP contribution in [0.5, 0.6) is 0 Å². The zero-order valence-corrected chi connectivity index (χ0v) is 13.6. The number of nitrogens with zero attached hydrogens (tertiary/aromatic N) is 2. The van der Waals surface area contributed by atoms with Gasteiger partial charge in [-0.15, -0.1) is 0 Å². The lowest BCUT2D eigenvalue weighted by molar-refractivity contribution is 0.0761. The highest BCUT2D eigenvalue weighted by Gasteiger charge is 2.19.